The van der Waals surface area contributed by atoms with E-state index in [4.69, 9.17) is 0 Å². The molecule has 0 aliphatic carbocycles. The van der Waals surface area contributed by atoms with E-state index in [2.05, 4.69) is 5.32 Å². The number of hydrogen-bond donors (Lipinski definition) is 1. The van der Waals surface area contributed by atoms with Crippen molar-refractivity contribution in [2.45, 2.75) is 30.0 Å². The number of fused-ring (bicyclic) bond motifs is 1. The fraction of sp³-hybridized carbons (Fsp3) is 0.263. The average molecular weight is 408 g/mol. The van der Waals surface area contributed by atoms with Crippen LogP contribution in [0.15, 0.2) is 53.4 Å². The summed E-state index contributed by atoms with van der Waals surface area (Å²) in [7, 11) is -4.99. The van der Waals surface area contributed by atoms with E-state index < -0.39 is 43.9 Å². The fourth-order valence-electron chi connectivity index (χ4n) is 3.26. The molecule has 0 fully saturated rings. The molecule has 9 heteroatoms. The third-order valence-electron chi connectivity index (χ3n) is 4.51. The van der Waals surface area contributed by atoms with Crippen LogP contribution in [0.4, 0.5) is 14.5 Å². The SMILES string of the molecule is CCNC(=O)C1Cc2ccccc2N1C(=O)c1ccccc1S(=O)(=O)C(F)F. The quantitative estimate of drug-likeness (QED) is 0.824. The largest absolute Gasteiger partial charge is 0.355 e. The number of alkyl halides is 2. The molecule has 148 valence electrons. The van der Waals surface area contributed by atoms with Crippen molar-refractivity contribution in [1.29, 1.82) is 0 Å². The first-order valence-corrected chi connectivity index (χ1v) is 10.1. The number of likely N-dealkylation sites (N-methyl/N-ethyl adjacent to an activating group) is 1. The molecule has 0 saturated heterocycles. The van der Waals surface area contributed by atoms with Crippen molar-refractivity contribution in [1.82, 2.24) is 5.32 Å². The van der Waals surface area contributed by atoms with Gasteiger partial charge in [0.1, 0.15) is 6.04 Å². The first-order valence-electron chi connectivity index (χ1n) is 8.59. The Morgan fingerprint density at radius 3 is 2.46 bits per heavy atom. The second-order valence-electron chi connectivity index (χ2n) is 6.22. The van der Waals surface area contributed by atoms with E-state index in [-0.39, 0.29) is 6.42 Å². The van der Waals surface area contributed by atoms with E-state index in [1.165, 1.54) is 23.1 Å². The van der Waals surface area contributed by atoms with Crippen molar-refractivity contribution in [2.24, 2.45) is 0 Å². The summed E-state index contributed by atoms with van der Waals surface area (Å²) in [6.45, 7) is 2.08. The molecule has 1 aliphatic heterocycles. The maximum atomic E-state index is 13.3. The van der Waals surface area contributed by atoms with Gasteiger partial charge in [-0.2, -0.15) is 8.78 Å². The summed E-state index contributed by atoms with van der Waals surface area (Å²) in [6, 6.07) is 10.7. The third-order valence-corrected chi connectivity index (χ3v) is 5.95. The van der Waals surface area contributed by atoms with Gasteiger partial charge < -0.3 is 5.32 Å². The lowest BCUT2D eigenvalue weighted by Crippen LogP contribution is -2.48. The molecule has 0 saturated carbocycles. The van der Waals surface area contributed by atoms with Crippen LogP contribution in [0, 0.1) is 0 Å². The minimum Gasteiger partial charge on any atom is -0.355 e. The first kappa shape index (κ1) is 19.9. The van der Waals surface area contributed by atoms with Gasteiger partial charge in [0, 0.05) is 18.7 Å². The van der Waals surface area contributed by atoms with Crippen LogP contribution in [0.25, 0.3) is 0 Å². The minimum atomic E-state index is -4.99. The average Bonchev–Trinajstić information content (AvgIpc) is 3.07. The zero-order chi connectivity index (χ0) is 20.5. The lowest BCUT2D eigenvalue weighted by Gasteiger charge is -2.25. The number of carbonyl (C=O) groups excluding carboxylic acids is 2. The number of para-hydroxylation sites is 1. The van der Waals surface area contributed by atoms with Crippen molar-refractivity contribution in [3.05, 3.63) is 59.7 Å². The van der Waals surface area contributed by atoms with Gasteiger partial charge in [0.15, 0.2) is 0 Å². The number of amides is 2. The molecular formula is C19H18F2N2O4S. The third kappa shape index (κ3) is 3.37. The molecule has 2 aromatic carbocycles. The van der Waals surface area contributed by atoms with Gasteiger partial charge in [-0.3, -0.25) is 14.5 Å². The molecule has 28 heavy (non-hydrogen) atoms. The van der Waals surface area contributed by atoms with Gasteiger partial charge >= 0.3 is 5.76 Å². The number of nitrogens with one attached hydrogen (secondary N) is 1. The summed E-state index contributed by atoms with van der Waals surface area (Å²) >= 11 is 0. The van der Waals surface area contributed by atoms with Crippen molar-refractivity contribution in [3.63, 3.8) is 0 Å². The second kappa shape index (κ2) is 7.67. The minimum absolute atomic E-state index is 0.248. The Hall–Kier alpha value is -2.81. The highest BCUT2D eigenvalue weighted by atomic mass is 32.2. The summed E-state index contributed by atoms with van der Waals surface area (Å²) in [5.74, 6) is -4.88. The number of halogens is 2. The van der Waals surface area contributed by atoms with Crippen molar-refractivity contribution < 1.29 is 26.8 Å². The van der Waals surface area contributed by atoms with Crippen LogP contribution < -0.4 is 10.2 Å². The molecular weight excluding hydrogens is 390 g/mol. The predicted molar refractivity (Wildman–Crippen MR) is 99.1 cm³/mol. The summed E-state index contributed by atoms with van der Waals surface area (Å²) in [5.41, 5.74) is 0.795. The number of rotatable bonds is 5. The van der Waals surface area contributed by atoms with Crippen LogP contribution >= 0.6 is 0 Å². The monoisotopic (exact) mass is 408 g/mol. The predicted octanol–water partition coefficient (Wildman–Crippen LogP) is 2.39. The van der Waals surface area contributed by atoms with E-state index in [0.29, 0.717) is 12.2 Å². The summed E-state index contributed by atoms with van der Waals surface area (Å²) in [6.07, 6.45) is 0.248. The normalized spacial score (nSPS) is 16.1. The summed E-state index contributed by atoms with van der Waals surface area (Å²) in [5, 5.41) is 2.65. The van der Waals surface area contributed by atoms with Crippen LogP contribution in [-0.2, 0) is 21.1 Å². The van der Waals surface area contributed by atoms with Gasteiger partial charge in [0.05, 0.1) is 10.5 Å². The molecule has 0 bridgehead atoms. The highest BCUT2D eigenvalue weighted by molar-refractivity contribution is 7.91. The number of hydrogen-bond acceptors (Lipinski definition) is 4. The molecule has 1 aliphatic rings. The highest BCUT2D eigenvalue weighted by Gasteiger charge is 2.40. The van der Waals surface area contributed by atoms with E-state index >= 15 is 0 Å². The maximum Gasteiger partial charge on any atom is 0.341 e. The zero-order valence-corrected chi connectivity index (χ0v) is 15.7. The molecule has 0 spiro atoms. The Bertz CT molecular complexity index is 1020. The Morgan fingerprint density at radius 2 is 1.79 bits per heavy atom. The second-order valence-corrected chi connectivity index (χ2v) is 8.11. The van der Waals surface area contributed by atoms with Gasteiger partial charge in [0.2, 0.25) is 15.7 Å². The Kier molecular flexibility index (Phi) is 5.46. The smallest absolute Gasteiger partial charge is 0.341 e. The molecule has 3 rings (SSSR count). The van der Waals surface area contributed by atoms with Crippen LogP contribution in [-0.4, -0.2) is 38.6 Å². The van der Waals surface area contributed by atoms with Gasteiger partial charge in [0.25, 0.3) is 5.91 Å². The van der Waals surface area contributed by atoms with Crippen molar-refractivity contribution in [3.8, 4) is 0 Å². The molecule has 2 aromatic rings. The first-order chi connectivity index (χ1) is 13.3. The topological polar surface area (TPSA) is 83.6 Å². The molecule has 1 unspecified atom stereocenters. The Labute approximate surface area is 161 Å². The summed E-state index contributed by atoms with van der Waals surface area (Å²) in [4.78, 5) is 26.2. The molecule has 0 aromatic heterocycles. The molecule has 0 radical (unpaired) electrons. The lowest BCUT2D eigenvalue weighted by atomic mass is 10.1. The highest BCUT2D eigenvalue weighted by Crippen LogP contribution is 2.35. The molecule has 2 amide bonds. The number of nitrogens with zero attached hydrogens (tertiary/aromatic N) is 1. The number of benzene rings is 2. The van der Waals surface area contributed by atoms with Crippen LogP contribution in [0.5, 0.6) is 0 Å². The fourth-order valence-corrected chi connectivity index (χ4v) is 4.18. The van der Waals surface area contributed by atoms with Crippen molar-refractivity contribution in [2.75, 3.05) is 11.4 Å². The molecule has 1 heterocycles. The van der Waals surface area contributed by atoms with Crippen molar-refractivity contribution >= 4 is 27.3 Å². The van der Waals surface area contributed by atoms with Crippen LogP contribution in [0.3, 0.4) is 0 Å². The lowest BCUT2D eigenvalue weighted by molar-refractivity contribution is -0.122. The van der Waals surface area contributed by atoms with Crippen LogP contribution in [0.2, 0.25) is 0 Å². The van der Waals surface area contributed by atoms with E-state index in [0.717, 1.165) is 11.6 Å². The summed E-state index contributed by atoms with van der Waals surface area (Å²) < 4.78 is 50.2. The zero-order valence-electron chi connectivity index (χ0n) is 14.9. The van der Waals surface area contributed by atoms with Crippen LogP contribution in [0.1, 0.15) is 22.8 Å². The number of carbonyl (C=O) groups is 2. The van der Waals surface area contributed by atoms with E-state index in [1.807, 2.05) is 0 Å². The molecule has 1 N–H and O–H groups in total. The van der Waals surface area contributed by atoms with Gasteiger partial charge in [-0.25, -0.2) is 8.42 Å². The Balaban J connectivity index is 2.12. The van der Waals surface area contributed by atoms with Gasteiger partial charge in [-0.1, -0.05) is 30.3 Å². The maximum absolute atomic E-state index is 13.3. The van der Waals surface area contributed by atoms with E-state index in [1.54, 1.807) is 31.2 Å². The van der Waals surface area contributed by atoms with E-state index in [9.17, 15) is 26.8 Å². The van der Waals surface area contributed by atoms with Gasteiger partial charge in [-0.15, -0.1) is 0 Å². The standard InChI is InChI=1S/C19H18F2N2O4S/c1-2-22-17(24)15-11-12-7-3-5-9-14(12)23(15)18(25)13-8-4-6-10-16(13)28(26,27)19(20)21/h3-10,15,19H,2,11H2,1H3,(H,22,24). The van der Waals surface area contributed by atoms with Gasteiger partial charge in [-0.05, 0) is 30.7 Å². The Morgan fingerprint density at radius 1 is 1.14 bits per heavy atom. The number of sulfone groups is 1. The molecule has 1 atom stereocenters. The molecule has 6 nitrogen and oxygen atoms in total. The number of anilines is 1.